The highest BCUT2D eigenvalue weighted by Crippen LogP contribution is 2.36. The van der Waals surface area contributed by atoms with Crippen LogP contribution in [0.25, 0.3) is 11.1 Å². The summed E-state index contributed by atoms with van der Waals surface area (Å²) in [5.41, 5.74) is -0.387. The third-order valence-corrected chi connectivity index (χ3v) is 7.87. The molecule has 0 aliphatic carbocycles. The van der Waals surface area contributed by atoms with E-state index in [1.807, 2.05) is 38.8 Å². The number of amides is 1. The first-order valence-corrected chi connectivity index (χ1v) is 14.0. The van der Waals surface area contributed by atoms with E-state index in [1.165, 1.54) is 12.1 Å². The number of ether oxygens (including phenoxy) is 1. The van der Waals surface area contributed by atoms with E-state index in [0.717, 1.165) is 18.6 Å². The molecule has 2 aromatic heterocycles. The highest BCUT2D eigenvalue weighted by atomic mass is 19.3. The number of halogens is 3. The van der Waals surface area contributed by atoms with Crippen LogP contribution in [0.15, 0.2) is 47.5 Å². The Balaban J connectivity index is 1.51. The van der Waals surface area contributed by atoms with Crippen LogP contribution in [0.2, 0.25) is 0 Å². The largest absolute Gasteiger partial charge is 0.372 e. The first-order valence-electron chi connectivity index (χ1n) is 14.0. The maximum absolute atomic E-state index is 15.7. The van der Waals surface area contributed by atoms with Gasteiger partial charge in [0.05, 0.1) is 29.1 Å². The molecule has 2 aliphatic heterocycles. The number of likely N-dealkylation sites (N-methyl/N-ethyl adjacent to an activating group) is 1. The average molecular weight is 585 g/mol. The normalized spacial score (nSPS) is 21.6. The van der Waals surface area contributed by atoms with Crippen molar-refractivity contribution in [2.75, 3.05) is 54.9 Å². The molecule has 4 heterocycles. The fraction of sp³-hybridized carbons (Fsp3) is 0.433. The number of carbonyl (C=O) groups is 1. The number of morpholine rings is 1. The van der Waals surface area contributed by atoms with E-state index < -0.39 is 29.3 Å². The Labute approximate surface area is 242 Å². The molecule has 0 radical (unpaired) electrons. The van der Waals surface area contributed by atoms with Crippen LogP contribution in [-0.2, 0) is 4.74 Å². The molecule has 0 spiro atoms. The van der Waals surface area contributed by atoms with Crippen molar-refractivity contribution in [2.45, 2.75) is 45.4 Å². The van der Waals surface area contributed by atoms with Gasteiger partial charge in [0.2, 0.25) is 5.56 Å². The molecule has 5 rings (SSSR count). The second-order valence-electron chi connectivity index (χ2n) is 11.1. The van der Waals surface area contributed by atoms with Gasteiger partial charge in [-0.25, -0.2) is 18.2 Å². The smallest absolute Gasteiger partial charge is 0.264 e. The van der Waals surface area contributed by atoms with Gasteiger partial charge < -0.3 is 29.7 Å². The number of aromatic amines is 1. The lowest BCUT2D eigenvalue weighted by atomic mass is 10.0. The summed E-state index contributed by atoms with van der Waals surface area (Å²) < 4.78 is 48.9. The zero-order chi connectivity index (χ0) is 30.1. The summed E-state index contributed by atoms with van der Waals surface area (Å²) in [6, 6.07) is 7.34. The third kappa shape index (κ3) is 6.29. The van der Waals surface area contributed by atoms with Gasteiger partial charge in [0.1, 0.15) is 11.6 Å². The number of aromatic nitrogens is 2. The summed E-state index contributed by atoms with van der Waals surface area (Å²) >= 11 is 0. The molecule has 1 aromatic carbocycles. The van der Waals surface area contributed by atoms with Crippen molar-refractivity contribution < 1.29 is 22.7 Å². The molecule has 2 saturated heterocycles. The maximum atomic E-state index is 15.7. The average Bonchev–Trinajstić information content (AvgIpc) is 2.94. The van der Waals surface area contributed by atoms with Crippen LogP contribution in [0.5, 0.6) is 0 Å². The minimum absolute atomic E-state index is 0.0525. The molecular formula is C30H35F3N6O3. The topological polar surface area (TPSA) is 93.8 Å². The van der Waals surface area contributed by atoms with Crippen molar-refractivity contribution in [1.29, 1.82) is 0 Å². The molecule has 2 aliphatic rings. The first-order chi connectivity index (χ1) is 20.0. The van der Waals surface area contributed by atoms with E-state index in [0.29, 0.717) is 43.5 Å². The lowest BCUT2D eigenvalue weighted by Crippen LogP contribution is -2.50. The van der Waals surface area contributed by atoms with Crippen molar-refractivity contribution in [1.82, 2.24) is 14.9 Å². The van der Waals surface area contributed by atoms with E-state index in [9.17, 15) is 18.4 Å². The molecular weight excluding hydrogens is 549 g/mol. The Morgan fingerprint density at radius 1 is 1.07 bits per heavy atom. The van der Waals surface area contributed by atoms with Gasteiger partial charge in [0.25, 0.3) is 12.3 Å². The van der Waals surface area contributed by atoms with Gasteiger partial charge in [-0.1, -0.05) is 0 Å². The second-order valence-corrected chi connectivity index (χ2v) is 11.1. The zero-order valence-corrected chi connectivity index (χ0v) is 24.0. The second kappa shape index (κ2) is 12.1. The van der Waals surface area contributed by atoms with Crippen molar-refractivity contribution in [3.63, 3.8) is 0 Å². The molecule has 12 heteroatoms. The van der Waals surface area contributed by atoms with Crippen LogP contribution in [0.1, 0.15) is 43.1 Å². The molecule has 0 saturated carbocycles. The van der Waals surface area contributed by atoms with Gasteiger partial charge in [0.15, 0.2) is 0 Å². The number of rotatable bonds is 6. The number of anilines is 3. The van der Waals surface area contributed by atoms with Gasteiger partial charge in [-0.15, -0.1) is 0 Å². The first kappa shape index (κ1) is 29.6. The Morgan fingerprint density at radius 3 is 2.45 bits per heavy atom. The van der Waals surface area contributed by atoms with Crippen LogP contribution in [-0.4, -0.2) is 78.8 Å². The number of nitrogens with zero attached hydrogens (tertiary/aromatic N) is 4. The minimum Gasteiger partial charge on any atom is -0.372 e. The predicted octanol–water partition coefficient (Wildman–Crippen LogP) is 4.52. The summed E-state index contributed by atoms with van der Waals surface area (Å²) in [7, 11) is 2.01. The molecule has 3 unspecified atom stereocenters. The SMILES string of the molecule is CC1CN(c2ccc(-c3cc(NC(=O)c4c[nH]c(=O)cc4C(F)F)c(N4CCN(C)C(C)C4)cc3F)cn2)CC(C)O1. The molecule has 2 fully saturated rings. The monoisotopic (exact) mass is 584 g/mol. The molecule has 3 atom stereocenters. The molecule has 9 nitrogen and oxygen atoms in total. The fourth-order valence-corrected chi connectivity index (χ4v) is 5.56. The Kier molecular flexibility index (Phi) is 8.55. The van der Waals surface area contributed by atoms with E-state index in [1.54, 1.807) is 12.3 Å². The number of pyridine rings is 2. The Morgan fingerprint density at radius 2 is 1.81 bits per heavy atom. The van der Waals surface area contributed by atoms with Crippen LogP contribution in [0.3, 0.4) is 0 Å². The molecule has 2 N–H and O–H groups in total. The number of piperazine rings is 1. The van der Waals surface area contributed by atoms with Crippen LogP contribution < -0.4 is 20.7 Å². The number of carbonyl (C=O) groups excluding carboxylic acids is 1. The number of benzene rings is 1. The van der Waals surface area contributed by atoms with E-state index in [2.05, 4.69) is 25.1 Å². The lowest BCUT2D eigenvalue weighted by molar-refractivity contribution is -0.00546. The quantitative estimate of drug-likeness (QED) is 0.440. The standard InChI is InChI=1S/C30H35F3N6O3/c1-17-14-38(8-7-37(17)4)26-11-24(31)21(20-5-6-27(34-12-20)39-15-18(2)42-19(3)16-39)9-25(26)36-30(41)23-13-35-28(40)10-22(23)29(32)33/h5-6,9-13,17-19,29H,7-8,14-16H2,1-4H3,(H,35,40)(H,36,41). The van der Waals surface area contributed by atoms with Crippen molar-refractivity contribution in [2.24, 2.45) is 0 Å². The van der Waals surface area contributed by atoms with Gasteiger partial charge in [-0.3, -0.25) is 9.59 Å². The molecule has 224 valence electrons. The summed E-state index contributed by atoms with van der Waals surface area (Å²) in [6.07, 6.45) is -0.374. The van der Waals surface area contributed by atoms with E-state index in [-0.39, 0.29) is 35.1 Å². The number of hydrogen-bond acceptors (Lipinski definition) is 7. The van der Waals surface area contributed by atoms with Crippen molar-refractivity contribution >= 4 is 23.1 Å². The lowest BCUT2D eigenvalue weighted by Gasteiger charge is -2.39. The Hall–Kier alpha value is -3.90. The zero-order valence-electron chi connectivity index (χ0n) is 24.0. The van der Waals surface area contributed by atoms with Gasteiger partial charge >= 0.3 is 0 Å². The van der Waals surface area contributed by atoms with E-state index >= 15 is 4.39 Å². The van der Waals surface area contributed by atoms with Gasteiger partial charge in [-0.05, 0) is 52.1 Å². The number of hydrogen-bond donors (Lipinski definition) is 2. The molecule has 42 heavy (non-hydrogen) atoms. The summed E-state index contributed by atoms with van der Waals surface area (Å²) in [5, 5.41) is 2.72. The molecule has 3 aromatic rings. The predicted molar refractivity (Wildman–Crippen MR) is 156 cm³/mol. The third-order valence-electron chi connectivity index (χ3n) is 7.87. The minimum atomic E-state index is -3.03. The van der Waals surface area contributed by atoms with Crippen LogP contribution >= 0.6 is 0 Å². The number of nitrogens with one attached hydrogen (secondary N) is 2. The van der Waals surface area contributed by atoms with Crippen LogP contribution in [0.4, 0.5) is 30.4 Å². The highest BCUT2D eigenvalue weighted by molar-refractivity contribution is 6.07. The maximum Gasteiger partial charge on any atom is 0.264 e. The van der Waals surface area contributed by atoms with Gasteiger partial charge in [-0.2, -0.15) is 0 Å². The van der Waals surface area contributed by atoms with Crippen molar-refractivity contribution in [3.05, 3.63) is 70.0 Å². The van der Waals surface area contributed by atoms with Gasteiger partial charge in [0, 0.05) is 73.9 Å². The number of H-pyrrole nitrogens is 1. The molecule has 0 bridgehead atoms. The van der Waals surface area contributed by atoms with Crippen molar-refractivity contribution in [3.8, 4) is 11.1 Å². The van der Waals surface area contributed by atoms with E-state index in [4.69, 9.17) is 4.74 Å². The van der Waals surface area contributed by atoms with Crippen LogP contribution in [0, 0.1) is 5.82 Å². The number of alkyl halides is 2. The summed E-state index contributed by atoms with van der Waals surface area (Å²) in [4.78, 5) is 38.1. The molecule has 1 amide bonds. The summed E-state index contributed by atoms with van der Waals surface area (Å²) in [6.45, 7) is 9.30. The fourth-order valence-electron chi connectivity index (χ4n) is 5.56. The Bertz CT molecular complexity index is 1490. The highest BCUT2D eigenvalue weighted by Gasteiger charge is 2.27. The summed E-state index contributed by atoms with van der Waals surface area (Å²) in [5.74, 6) is -0.600.